The minimum atomic E-state index is -0.108. The summed E-state index contributed by atoms with van der Waals surface area (Å²) in [6.07, 6.45) is 4.92. The molecule has 0 N–H and O–H groups in total. The molecule has 0 fully saturated rings. The molecular weight excluding hydrogens is 364 g/mol. The van der Waals surface area contributed by atoms with Crippen LogP contribution in [0.15, 0.2) is 60.7 Å². The Hall–Kier alpha value is -2.88. The highest BCUT2D eigenvalue weighted by Gasteiger charge is 2.10. The van der Waals surface area contributed by atoms with Crippen LogP contribution in [0, 0.1) is 0 Å². The van der Waals surface area contributed by atoms with Crippen LogP contribution in [0.4, 0.5) is 0 Å². The van der Waals surface area contributed by atoms with Crippen LogP contribution in [0.25, 0.3) is 0 Å². The van der Waals surface area contributed by atoms with Crippen LogP contribution in [-0.2, 0) is 9.59 Å². The van der Waals surface area contributed by atoms with Crippen LogP contribution in [0.5, 0.6) is 0 Å². The normalized spacial score (nSPS) is 9.86. The summed E-state index contributed by atoms with van der Waals surface area (Å²) >= 11 is 0. The standard InChI is InChI=1S/C15H20O2.C10H10O2/c1-2-3-4-8-11-14(16)12-15(17)13-9-6-5-7-10-13;1-8(11)7-10(12)9-5-3-2-4-6-9/h5-7,9-10H,2-4,8,11-12H2,1H3;2-6H,7H2,1H3. The van der Waals surface area contributed by atoms with Gasteiger partial charge in [-0.25, -0.2) is 0 Å². The van der Waals surface area contributed by atoms with Crippen molar-refractivity contribution in [2.24, 2.45) is 0 Å². The van der Waals surface area contributed by atoms with Crippen LogP contribution >= 0.6 is 0 Å². The SMILES string of the molecule is CC(=O)CC(=O)c1ccccc1.CCCCCCC(=O)CC(=O)c1ccccc1. The van der Waals surface area contributed by atoms with Gasteiger partial charge in [-0.1, -0.05) is 86.8 Å². The van der Waals surface area contributed by atoms with Crippen molar-refractivity contribution in [1.82, 2.24) is 0 Å². The number of ketones is 4. The van der Waals surface area contributed by atoms with E-state index in [1.807, 2.05) is 24.3 Å². The third-order valence-corrected chi connectivity index (χ3v) is 4.27. The molecule has 0 saturated carbocycles. The number of unbranched alkanes of at least 4 members (excludes halogenated alkanes) is 3. The van der Waals surface area contributed by atoms with E-state index in [2.05, 4.69) is 6.92 Å². The number of hydrogen-bond donors (Lipinski definition) is 0. The Morgan fingerprint density at radius 2 is 1.14 bits per heavy atom. The molecular formula is C25H30O4. The van der Waals surface area contributed by atoms with Crippen molar-refractivity contribution in [2.45, 2.75) is 58.8 Å². The summed E-state index contributed by atoms with van der Waals surface area (Å²) in [4.78, 5) is 45.1. The van der Waals surface area contributed by atoms with E-state index in [1.54, 1.807) is 36.4 Å². The molecule has 0 spiro atoms. The maximum atomic E-state index is 11.7. The van der Waals surface area contributed by atoms with Crippen LogP contribution in [0.3, 0.4) is 0 Å². The first-order chi connectivity index (χ1) is 13.9. The fourth-order valence-electron chi connectivity index (χ4n) is 2.69. The molecule has 0 radical (unpaired) electrons. The zero-order valence-corrected chi connectivity index (χ0v) is 17.4. The lowest BCUT2D eigenvalue weighted by atomic mass is 10.0. The molecule has 2 aromatic carbocycles. The Morgan fingerprint density at radius 3 is 1.59 bits per heavy atom. The highest BCUT2D eigenvalue weighted by molar-refractivity contribution is 6.08. The van der Waals surface area contributed by atoms with Crippen LogP contribution < -0.4 is 0 Å². The van der Waals surface area contributed by atoms with Gasteiger partial charge >= 0.3 is 0 Å². The Bertz CT molecular complexity index is 779. The van der Waals surface area contributed by atoms with Gasteiger partial charge in [-0.15, -0.1) is 0 Å². The molecule has 0 aromatic heterocycles. The monoisotopic (exact) mass is 394 g/mol. The summed E-state index contributed by atoms with van der Waals surface area (Å²) in [5.41, 5.74) is 1.24. The zero-order chi connectivity index (χ0) is 21.5. The van der Waals surface area contributed by atoms with Crippen molar-refractivity contribution in [3.05, 3.63) is 71.8 Å². The van der Waals surface area contributed by atoms with Gasteiger partial charge in [0.25, 0.3) is 0 Å². The highest BCUT2D eigenvalue weighted by Crippen LogP contribution is 2.08. The molecule has 2 rings (SSSR count). The summed E-state index contributed by atoms with van der Waals surface area (Å²) in [6.45, 7) is 3.56. The van der Waals surface area contributed by atoms with Crippen molar-refractivity contribution >= 4 is 23.1 Å². The summed E-state index contributed by atoms with van der Waals surface area (Å²) in [5.74, 6) is -0.201. The Kier molecular flexibility index (Phi) is 11.8. The Balaban J connectivity index is 0.000000308. The molecule has 4 heteroatoms. The third kappa shape index (κ3) is 10.9. The number of hydrogen-bond acceptors (Lipinski definition) is 4. The minimum Gasteiger partial charge on any atom is -0.300 e. The first kappa shape index (κ1) is 24.2. The molecule has 0 atom stereocenters. The largest absolute Gasteiger partial charge is 0.300 e. The van der Waals surface area contributed by atoms with E-state index in [0.717, 1.165) is 19.3 Å². The predicted molar refractivity (Wildman–Crippen MR) is 115 cm³/mol. The third-order valence-electron chi connectivity index (χ3n) is 4.27. The molecule has 0 aliphatic carbocycles. The molecule has 0 aliphatic heterocycles. The lowest BCUT2D eigenvalue weighted by Gasteiger charge is -2.01. The second-order valence-electron chi connectivity index (χ2n) is 6.98. The molecule has 0 aliphatic rings. The summed E-state index contributed by atoms with van der Waals surface area (Å²) in [6, 6.07) is 17.8. The highest BCUT2D eigenvalue weighted by atomic mass is 16.2. The number of rotatable bonds is 11. The first-order valence-corrected chi connectivity index (χ1v) is 10.1. The van der Waals surface area contributed by atoms with Crippen LogP contribution in [0.1, 0.15) is 79.5 Å². The molecule has 0 unspecified atom stereocenters. The average molecular weight is 395 g/mol. The van der Waals surface area contributed by atoms with Crippen molar-refractivity contribution < 1.29 is 19.2 Å². The fourth-order valence-corrected chi connectivity index (χ4v) is 2.69. The maximum Gasteiger partial charge on any atom is 0.170 e. The van der Waals surface area contributed by atoms with Gasteiger partial charge in [-0.2, -0.15) is 0 Å². The van der Waals surface area contributed by atoms with Gasteiger partial charge in [-0.3, -0.25) is 19.2 Å². The summed E-state index contributed by atoms with van der Waals surface area (Å²) < 4.78 is 0. The summed E-state index contributed by atoms with van der Waals surface area (Å²) in [5, 5.41) is 0. The van der Waals surface area contributed by atoms with Crippen molar-refractivity contribution in [3.8, 4) is 0 Å². The quantitative estimate of drug-likeness (QED) is 0.281. The van der Waals surface area contributed by atoms with Gasteiger partial charge in [0.05, 0.1) is 12.8 Å². The number of carbonyl (C=O) groups is 4. The average Bonchev–Trinajstić information content (AvgIpc) is 2.72. The van der Waals surface area contributed by atoms with Crippen LogP contribution in [-0.4, -0.2) is 23.1 Å². The van der Waals surface area contributed by atoms with Gasteiger partial charge in [0.1, 0.15) is 11.6 Å². The molecule has 154 valence electrons. The summed E-state index contributed by atoms with van der Waals surface area (Å²) in [7, 11) is 0. The van der Waals surface area contributed by atoms with Gasteiger partial charge < -0.3 is 0 Å². The van der Waals surface area contributed by atoms with E-state index >= 15 is 0 Å². The molecule has 0 heterocycles. The molecule has 4 nitrogen and oxygen atoms in total. The lowest BCUT2D eigenvalue weighted by molar-refractivity contribution is -0.118. The van der Waals surface area contributed by atoms with E-state index in [0.29, 0.717) is 17.5 Å². The Labute approximate surface area is 173 Å². The van der Waals surface area contributed by atoms with E-state index in [1.165, 1.54) is 13.3 Å². The molecule has 2 aromatic rings. The minimum absolute atomic E-state index is 0.00398. The van der Waals surface area contributed by atoms with Crippen molar-refractivity contribution in [3.63, 3.8) is 0 Å². The van der Waals surface area contributed by atoms with Crippen molar-refractivity contribution in [2.75, 3.05) is 0 Å². The molecule has 29 heavy (non-hydrogen) atoms. The number of benzene rings is 2. The van der Waals surface area contributed by atoms with E-state index < -0.39 is 0 Å². The maximum absolute atomic E-state index is 11.7. The van der Waals surface area contributed by atoms with Crippen molar-refractivity contribution in [1.29, 1.82) is 0 Å². The van der Waals surface area contributed by atoms with Gasteiger partial charge in [0, 0.05) is 17.5 Å². The first-order valence-electron chi connectivity index (χ1n) is 10.1. The zero-order valence-electron chi connectivity index (χ0n) is 17.4. The lowest BCUT2D eigenvalue weighted by Crippen LogP contribution is -2.07. The Morgan fingerprint density at radius 1 is 0.655 bits per heavy atom. The van der Waals surface area contributed by atoms with E-state index in [9.17, 15) is 19.2 Å². The smallest absolute Gasteiger partial charge is 0.170 e. The van der Waals surface area contributed by atoms with E-state index in [-0.39, 0.29) is 36.0 Å². The topological polar surface area (TPSA) is 68.3 Å². The van der Waals surface area contributed by atoms with Gasteiger partial charge in [0.15, 0.2) is 11.6 Å². The number of Topliss-reactive ketones (excluding diaryl/α,β-unsaturated/α-hetero) is 4. The molecule has 0 bridgehead atoms. The van der Waals surface area contributed by atoms with Crippen LogP contribution in [0.2, 0.25) is 0 Å². The molecule has 0 saturated heterocycles. The second-order valence-corrected chi connectivity index (χ2v) is 6.98. The number of carbonyl (C=O) groups excluding carboxylic acids is 4. The molecule has 0 amide bonds. The predicted octanol–water partition coefficient (Wildman–Crippen LogP) is 5.65. The van der Waals surface area contributed by atoms with Gasteiger partial charge in [0.2, 0.25) is 0 Å². The van der Waals surface area contributed by atoms with Gasteiger partial charge in [-0.05, 0) is 13.3 Å². The fraction of sp³-hybridized carbons (Fsp3) is 0.360. The van der Waals surface area contributed by atoms with E-state index in [4.69, 9.17) is 0 Å². The second kappa shape index (κ2) is 14.2.